The van der Waals surface area contributed by atoms with Crippen molar-refractivity contribution in [3.8, 4) is 5.75 Å². The van der Waals surface area contributed by atoms with Gasteiger partial charge >= 0.3 is 5.97 Å². The van der Waals surface area contributed by atoms with Crippen molar-refractivity contribution in [2.24, 2.45) is 5.92 Å². The van der Waals surface area contributed by atoms with Gasteiger partial charge in [0.1, 0.15) is 5.75 Å². The predicted molar refractivity (Wildman–Crippen MR) is 75.1 cm³/mol. The molecule has 106 valence electrons. The molecule has 0 amide bonds. The van der Waals surface area contributed by atoms with E-state index >= 15 is 0 Å². The molecule has 0 fully saturated rings. The smallest absolute Gasteiger partial charge is 0.306 e. The minimum atomic E-state index is -0.722. The maximum Gasteiger partial charge on any atom is 0.306 e. The quantitative estimate of drug-likeness (QED) is 0.676. The van der Waals surface area contributed by atoms with E-state index in [1.807, 2.05) is 12.1 Å². The number of aliphatic carboxylic acids is 1. The van der Waals surface area contributed by atoms with Gasteiger partial charge in [0, 0.05) is 12.6 Å². The van der Waals surface area contributed by atoms with Gasteiger partial charge in [-0.25, -0.2) is 0 Å². The molecule has 4 heteroatoms. The zero-order chi connectivity index (χ0) is 14.3. The molecular weight excluding hydrogens is 242 g/mol. The van der Waals surface area contributed by atoms with E-state index in [9.17, 15) is 9.90 Å². The second kappa shape index (κ2) is 7.79. The fraction of sp³-hybridized carbons (Fsp3) is 0.533. The van der Waals surface area contributed by atoms with E-state index < -0.39 is 5.97 Å². The SMILES string of the molecule is CC(CCCC(C)C(=O)O)NCc1cccc(O)c1. The third-order valence-corrected chi connectivity index (χ3v) is 3.26. The second-order valence-electron chi connectivity index (χ2n) is 5.12. The molecule has 0 bridgehead atoms. The maximum atomic E-state index is 10.7. The van der Waals surface area contributed by atoms with Crippen LogP contribution in [0.25, 0.3) is 0 Å². The molecule has 2 atom stereocenters. The summed E-state index contributed by atoms with van der Waals surface area (Å²) in [7, 11) is 0. The first-order valence-electron chi connectivity index (χ1n) is 6.73. The number of rotatable bonds is 8. The van der Waals surface area contributed by atoms with Gasteiger partial charge in [0.2, 0.25) is 0 Å². The Balaban J connectivity index is 2.21. The standard InChI is InChI=1S/C15H23NO3/c1-11(15(18)19)5-3-6-12(2)16-10-13-7-4-8-14(17)9-13/h4,7-9,11-12,16-17H,3,5-6,10H2,1-2H3,(H,18,19). The Kier molecular flexibility index (Phi) is 6.36. The summed E-state index contributed by atoms with van der Waals surface area (Å²) in [4.78, 5) is 10.7. The Labute approximate surface area is 114 Å². The van der Waals surface area contributed by atoms with Crippen molar-refractivity contribution >= 4 is 5.97 Å². The summed E-state index contributed by atoms with van der Waals surface area (Å²) in [5, 5.41) is 21.5. The molecule has 1 aromatic carbocycles. The average molecular weight is 265 g/mol. The van der Waals surface area contributed by atoms with E-state index in [0.717, 1.165) is 18.4 Å². The zero-order valence-electron chi connectivity index (χ0n) is 11.6. The first-order chi connectivity index (χ1) is 8.99. The number of phenolic OH excluding ortho intramolecular Hbond substituents is 1. The van der Waals surface area contributed by atoms with Crippen molar-refractivity contribution in [3.63, 3.8) is 0 Å². The molecule has 1 aromatic rings. The van der Waals surface area contributed by atoms with Crippen molar-refractivity contribution in [1.82, 2.24) is 5.32 Å². The van der Waals surface area contributed by atoms with Gasteiger partial charge in [0.05, 0.1) is 5.92 Å². The number of hydrogen-bond acceptors (Lipinski definition) is 3. The van der Waals surface area contributed by atoms with Crippen molar-refractivity contribution in [2.45, 2.75) is 45.7 Å². The van der Waals surface area contributed by atoms with Gasteiger partial charge in [-0.15, -0.1) is 0 Å². The largest absolute Gasteiger partial charge is 0.508 e. The van der Waals surface area contributed by atoms with Gasteiger partial charge in [-0.1, -0.05) is 25.5 Å². The highest BCUT2D eigenvalue weighted by Crippen LogP contribution is 2.12. The van der Waals surface area contributed by atoms with Gasteiger partial charge in [0.15, 0.2) is 0 Å². The van der Waals surface area contributed by atoms with Crippen molar-refractivity contribution in [3.05, 3.63) is 29.8 Å². The van der Waals surface area contributed by atoms with Crippen LogP contribution in [0, 0.1) is 5.92 Å². The third kappa shape index (κ3) is 6.25. The lowest BCUT2D eigenvalue weighted by atomic mass is 10.0. The molecule has 2 unspecified atom stereocenters. The van der Waals surface area contributed by atoms with Crippen LogP contribution in [0.1, 0.15) is 38.7 Å². The summed E-state index contributed by atoms with van der Waals surface area (Å²) in [5.74, 6) is -0.708. The molecule has 0 saturated carbocycles. The van der Waals surface area contributed by atoms with Crippen LogP contribution in [-0.4, -0.2) is 22.2 Å². The first-order valence-corrected chi connectivity index (χ1v) is 6.73. The summed E-state index contributed by atoms with van der Waals surface area (Å²) in [6, 6.07) is 7.52. The van der Waals surface area contributed by atoms with Gasteiger partial charge in [-0.2, -0.15) is 0 Å². The highest BCUT2D eigenvalue weighted by Gasteiger charge is 2.11. The number of benzene rings is 1. The molecule has 0 saturated heterocycles. The predicted octanol–water partition coefficient (Wildman–Crippen LogP) is 2.76. The lowest BCUT2D eigenvalue weighted by molar-refractivity contribution is -0.141. The van der Waals surface area contributed by atoms with Gasteiger partial charge < -0.3 is 15.5 Å². The third-order valence-electron chi connectivity index (χ3n) is 3.26. The van der Waals surface area contributed by atoms with Crippen molar-refractivity contribution in [2.75, 3.05) is 0 Å². The highest BCUT2D eigenvalue weighted by molar-refractivity contribution is 5.69. The van der Waals surface area contributed by atoms with Crippen LogP contribution in [0.15, 0.2) is 24.3 Å². The van der Waals surface area contributed by atoms with Crippen molar-refractivity contribution in [1.29, 1.82) is 0 Å². The monoisotopic (exact) mass is 265 g/mol. The average Bonchev–Trinajstić information content (AvgIpc) is 2.36. The van der Waals surface area contributed by atoms with E-state index in [4.69, 9.17) is 5.11 Å². The summed E-state index contributed by atoms with van der Waals surface area (Å²) >= 11 is 0. The van der Waals surface area contributed by atoms with Crippen LogP contribution in [0.4, 0.5) is 0 Å². The van der Waals surface area contributed by atoms with Gasteiger partial charge in [-0.05, 0) is 37.5 Å². The zero-order valence-corrected chi connectivity index (χ0v) is 11.6. The van der Waals surface area contributed by atoms with E-state index in [0.29, 0.717) is 19.0 Å². The molecule has 0 aliphatic carbocycles. The van der Waals surface area contributed by atoms with Gasteiger partial charge in [0.25, 0.3) is 0 Å². The Morgan fingerprint density at radius 1 is 1.32 bits per heavy atom. The molecule has 0 spiro atoms. The molecule has 0 radical (unpaired) electrons. The number of phenols is 1. The Morgan fingerprint density at radius 3 is 2.68 bits per heavy atom. The fourth-order valence-corrected chi connectivity index (χ4v) is 1.91. The Morgan fingerprint density at radius 2 is 2.05 bits per heavy atom. The maximum absolute atomic E-state index is 10.7. The molecule has 3 N–H and O–H groups in total. The van der Waals surface area contributed by atoms with E-state index in [1.54, 1.807) is 19.1 Å². The Hall–Kier alpha value is -1.55. The summed E-state index contributed by atoms with van der Waals surface area (Å²) in [5.41, 5.74) is 1.05. The molecule has 0 heterocycles. The Bertz CT molecular complexity index is 406. The molecule has 0 aliphatic rings. The highest BCUT2D eigenvalue weighted by atomic mass is 16.4. The van der Waals surface area contributed by atoms with Crippen LogP contribution in [0.2, 0.25) is 0 Å². The molecule has 0 aromatic heterocycles. The minimum absolute atomic E-state index is 0.265. The van der Waals surface area contributed by atoms with E-state index in [1.165, 1.54) is 0 Å². The summed E-state index contributed by atoms with van der Waals surface area (Å²) in [6.07, 6.45) is 2.57. The normalized spacial score (nSPS) is 14.0. The summed E-state index contributed by atoms with van der Waals surface area (Å²) < 4.78 is 0. The van der Waals surface area contributed by atoms with E-state index in [2.05, 4.69) is 12.2 Å². The number of carboxylic acids is 1. The first kappa shape index (κ1) is 15.5. The number of aromatic hydroxyl groups is 1. The minimum Gasteiger partial charge on any atom is -0.508 e. The molecule has 4 nitrogen and oxygen atoms in total. The number of nitrogens with one attached hydrogen (secondary N) is 1. The lowest BCUT2D eigenvalue weighted by Crippen LogP contribution is -2.25. The number of hydrogen-bond donors (Lipinski definition) is 3. The molecule has 19 heavy (non-hydrogen) atoms. The van der Waals surface area contributed by atoms with Gasteiger partial charge in [-0.3, -0.25) is 4.79 Å². The number of carbonyl (C=O) groups is 1. The summed E-state index contributed by atoms with van der Waals surface area (Å²) in [6.45, 7) is 4.55. The topological polar surface area (TPSA) is 69.6 Å². The van der Waals surface area contributed by atoms with Crippen LogP contribution >= 0.6 is 0 Å². The van der Waals surface area contributed by atoms with Crippen molar-refractivity contribution < 1.29 is 15.0 Å². The van der Waals surface area contributed by atoms with Crippen LogP contribution in [0.5, 0.6) is 5.75 Å². The lowest BCUT2D eigenvalue weighted by Gasteiger charge is -2.14. The number of carboxylic acid groups (broad SMARTS) is 1. The van der Waals surface area contributed by atoms with E-state index in [-0.39, 0.29) is 11.7 Å². The van der Waals surface area contributed by atoms with Crippen LogP contribution < -0.4 is 5.32 Å². The fourth-order valence-electron chi connectivity index (χ4n) is 1.91. The second-order valence-corrected chi connectivity index (χ2v) is 5.12. The molecule has 1 rings (SSSR count). The van der Waals surface area contributed by atoms with Crippen LogP contribution in [0.3, 0.4) is 0 Å². The molecular formula is C15H23NO3. The molecule has 0 aliphatic heterocycles. The van der Waals surface area contributed by atoms with Crippen LogP contribution in [-0.2, 0) is 11.3 Å².